The van der Waals surface area contributed by atoms with Crippen LogP contribution >= 0.6 is 0 Å². The van der Waals surface area contributed by atoms with Gasteiger partial charge in [0.25, 0.3) is 0 Å². The zero-order valence-electron chi connectivity index (χ0n) is 8.49. The SMILES string of the molecule is O=C1CC(=O)c2cccc3cccc(c23)N1. The van der Waals surface area contributed by atoms with Crippen LogP contribution in [0.3, 0.4) is 0 Å². The fourth-order valence-electron chi connectivity index (χ4n) is 2.11. The number of anilines is 1. The number of hydrogen-bond donors (Lipinski definition) is 1. The summed E-state index contributed by atoms with van der Waals surface area (Å²) in [5, 5.41) is 4.58. The molecule has 2 aromatic carbocycles. The third-order valence-electron chi connectivity index (χ3n) is 2.80. The Hall–Kier alpha value is -2.16. The Balaban J connectivity index is 2.45. The van der Waals surface area contributed by atoms with Crippen LogP contribution in [0.4, 0.5) is 5.69 Å². The smallest absolute Gasteiger partial charge is 0.232 e. The molecule has 78 valence electrons. The average Bonchev–Trinajstić information content (AvgIpc) is 2.39. The van der Waals surface area contributed by atoms with Crippen molar-refractivity contribution in [2.24, 2.45) is 0 Å². The van der Waals surface area contributed by atoms with Gasteiger partial charge in [-0.3, -0.25) is 9.59 Å². The first kappa shape index (κ1) is 9.09. The number of carbonyl (C=O) groups excluding carboxylic acids is 2. The molecular weight excluding hydrogens is 202 g/mol. The van der Waals surface area contributed by atoms with Gasteiger partial charge in [0.2, 0.25) is 5.91 Å². The summed E-state index contributed by atoms with van der Waals surface area (Å²) in [4.78, 5) is 23.3. The lowest BCUT2D eigenvalue weighted by Gasteiger charge is -2.06. The molecule has 0 spiro atoms. The Morgan fingerprint density at radius 1 is 1.00 bits per heavy atom. The molecular formula is C13H9NO2. The second kappa shape index (κ2) is 3.17. The van der Waals surface area contributed by atoms with Crippen molar-refractivity contribution < 1.29 is 9.59 Å². The lowest BCUT2D eigenvalue weighted by atomic mass is 10.00. The molecule has 0 aliphatic carbocycles. The quantitative estimate of drug-likeness (QED) is 0.680. The molecule has 0 bridgehead atoms. The van der Waals surface area contributed by atoms with E-state index in [9.17, 15) is 9.59 Å². The van der Waals surface area contributed by atoms with Crippen LogP contribution in [-0.4, -0.2) is 11.7 Å². The van der Waals surface area contributed by atoms with Gasteiger partial charge in [-0.1, -0.05) is 30.3 Å². The van der Waals surface area contributed by atoms with Gasteiger partial charge < -0.3 is 5.32 Å². The molecule has 3 rings (SSSR count). The molecule has 1 aliphatic rings. The van der Waals surface area contributed by atoms with Crippen LogP contribution in [0, 0.1) is 0 Å². The summed E-state index contributed by atoms with van der Waals surface area (Å²) in [6, 6.07) is 11.2. The summed E-state index contributed by atoms with van der Waals surface area (Å²) in [6.07, 6.45) is -0.0756. The zero-order valence-corrected chi connectivity index (χ0v) is 8.49. The van der Waals surface area contributed by atoms with Crippen molar-refractivity contribution in [2.45, 2.75) is 6.42 Å². The Labute approximate surface area is 92.1 Å². The molecule has 1 aliphatic heterocycles. The average molecular weight is 211 g/mol. The molecule has 0 aromatic heterocycles. The Morgan fingerprint density at radius 3 is 2.56 bits per heavy atom. The maximum absolute atomic E-state index is 11.8. The molecule has 1 amide bonds. The fraction of sp³-hybridized carbons (Fsp3) is 0.0769. The molecule has 3 heteroatoms. The van der Waals surface area contributed by atoms with Crippen LogP contribution < -0.4 is 5.32 Å². The number of rotatable bonds is 0. The molecule has 1 N–H and O–H groups in total. The zero-order chi connectivity index (χ0) is 11.1. The van der Waals surface area contributed by atoms with Gasteiger partial charge in [-0.25, -0.2) is 0 Å². The Morgan fingerprint density at radius 2 is 1.75 bits per heavy atom. The van der Waals surface area contributed by atoms with E-state index in [4.69, 9.17) is 0 Å². The van der Waals surface area contributed by atoms with Crippen molar-refractivity contribution in [1.82, 2.24) is 0 Å². The fourth-order valence-corrected chi connectivity index (χ4v) is 2.11. The van der Waals surface area contributed by atoms with Gasteiger partial charge in [-0.05, 0) is 11.5 Å². The van der Waals surface area contributed by atoms with Crippen LogP contribution in [0.1, 0.15) is 16.8 Å². The van der Waals surface area contributed by atoms with E-state index in [0.29, 0.717) is 5.56 Å². The van der Waals surface area contributed by atoms with Gasteiger partial charge in [-0.2, -0.15) is 0 Å². The van der Waals surface area contributed by atoms with Crippen LogP contribution in [0.25, 0.3) is 10.8 Å². The third-order valence-corrected chi connectivity index (χ3v) is 2.80. The minimum Gasteiger partial charge on any atom is -0.325 e. The highest BCUT2D eigenvalue weighted by atomic mass is 16.2. The van der Waals surface area contributed by atoms with Crippen molar-refractivity contribution in [3.8, 4) is 0 Å². The molecule has 0 radical (unpaired) electrons. The lowest BCUT2D eigenvalue weighted by molar-refractivity contribution is -0.115. The molecule has 0 saturated carbocycles. The standard InChI is InChI=1S/C13H9NO2/c15-11-7-12(16)14-10-6-2-4-8-3-1-5-9(11)13(8)10/h1-6H,7H2,(H,14,16). The summed E-state index contributed by atoms with van der Waals surface area (Å²) in [7, 11) is 0. The summed E-state index contributed by atoms with van der Waals surface area (Å²) in [5.74, 6) is -0.359. The van der Waals surface area contributed by atoms with E-state index in [1.807, 2.05) is 30.3 Å². The number of carbonyl (C=O) groups is 2. The van der Waals surface area contributed by atoms with E-state index < -0.39 is 0 Å². The van der Waals surface area contributed by atoms with Crippen LogP contribution in [0.2, 0.25) is 0 Å². The number of nitrogens with one attached hydrogen (secondary N) is 1. The summed E-state index contributed by atoms with van der Waals surface area (Å²) < 4.78 is 0. The summed E-state index contributed by atoms with van der Waals surface area (Å²) in [6.45, 7) is 0. The summed E-state index contributed by atoms with van der Waals surface area (Å²) >= 11 is 0. The van der Waals surface area contributed by atoms with Crippen molar-refractivity contribution in [1.29, 1.82) is 0 Å². The maximum atomic E-state index is 11.8. The van der Waals surface area contributed by atoms with Gasteiger partial charge >= 0.3 is 0 Å². The van der Waals surface area contributed by atoms with Crippen molar-refractivity contribution in [3.63, 3.8) is 0 Å². The monoisotopic (exact) mass is 211 g/mol. The lowest BCUT2D eigenvalue weighted by Crippen LogP contribution is -2.13. The molecule has 3 nitrogen and oxygen atoms in total. The number of hydrogen-bond acceptors (Lipinski definition) is 2. The van der Waals surface area contributed by atoms with Gasteiger partial charge in [0.1, 0.15) is 0 Å². The van der Waals surface area contributed by atoms with Crippen LogP contribution in [0.15, 0.2) is 36.4 Å². The van der Waals surface area contributed by atoms with Crippen molar-refractivity contribution in [2.75, 3.05) is 5.32 Å². The van der Waals surface area contributed by atoms with Crippen molar-refractivity contribution in [3.05, 3.63) is 42.0 Å². The van der Waals surface area contributed by atoms with E-state index in [0.717, 1.165) is 16.5 Å². The van der Waals surface area contributed by atoms with Gasteiger partial charge in [0.05, 0.1) is 6.42 Å². The van der Waals surface area contributed by atoms with E-state index >= 15 is 0 Å². The molecule has 0 atom stereocenters. The highest BCUT2D eigenvalue weighted by Gasteiger charge is 2.20. The second-order valence-electron chi connectivity index (χ2n) is 3.86. The predicted octanol–water partition coefficient (Wildman–Crippen LogP) is 2.36. The largest absolute Gasteiger partial charge is 0.325 e. The Bertz CT molecular complexity index is 611. The first-order valence-corrected chi connectivity index (χ1v) is 5.10. The number of ketones is 1. The highest BCUT2D eigenvalue weighted by Crippen LogP contribution is 2.30. The Kier molecular flexibility index (Phi) is 1.80. The second-order valence-corrected chi connectivity index (χ2v) is 3.86. The highest BCUT2D eigenvalue weighted by molar-refractivity contribution is 6.22. The van der Waals surface area contributed by atoms with Gasteiger partial charge in [0, 0.05) is 16.6 Å². The molecule has 1 heterocycles. The third kappa shape index (κ3) is 1.21. The van der Waals surface area contributed by atoms with E-state index in [1.165, 1.54) is 0 Å². The molecule has 0 unspecified atom stereocenters. The van der Waals surface area contributed by atoms with E-state index in [2.05, 4.69) is 5.32 Å². The van der Waals surface area contributed by atoms with Crippen LogP contribution in [-0.2, 0) is 4.79 Å². The number of amides is 1. The minimum atomic E-state index is -0.242. The summed E-state index contributed by atoms with van der Waals surface area (Å²) in [5.41, 5.74) is 1.36. The normalized spacial score (nSPS) is 14.8. The van der Waals surface area contributed by atoms with E-state index in [-0.39, 0.29) is 18.1 Å². The first-order valence-electron chi connectivity index (χ1n) is 5.10. The topological polar surface area (TPSA) is 46.2 Å². The molecule has 0 fully saturated rings. The number of benzene rings is 2. The van der Waals surface area contributed by atoms with Crippen molar-refractivity contribution >= 4 is 28.2 Å². The predicted molar refractivity (Wildman–Crippen MR) is 61.5 cm³/mol. The number of Topliss-reactive ketones (excluding diaryl/α,β-unsaturated/α-hetero) is 1. The van der Waals surface area contributed by atoms with Gasteiger partial charge in [0.15, 0.2) is 5.78 Å². The molecule has 0 saturated heterocycles. The molecule has 16 heavy (non-hydrogen) atoms. The van der Waals surface area contributed by atoms with E-state index in [1.54, 1.807) is 6.07 Å². The first-order chi connectivity index (χ1) is 7.75. The van der Waals surface area contributed by atoms with Gasteiger partial charge in [-0.15, -0.1) is 0 Å². The minimum absolute atomic E-state index is 0.0756. The van der Waals surface area contributed by atoms with Crippen LogP contribution in [0.5, 0.6) is 0 Å². The molecule has 2 aromatic rings. The maximum Gasteiger partial charge on any atom is 0.232 e.